The minimum absolute atomic E-state index is 0.724. The summed E-state index contributed by atoms with van der Waals surface area (Å²) >= 11 is 0. The fourth-order valence-corrected chi connectivity index (χ4v) is 8.05. The first kappa shape index (κ1) is 43.7. The summed E-state index contributed by atoms with van der Waals surface area (Å²) in [7, 11) is 8.17. The van der Waals surface area contributed by atoms with E-state index in [1.54, 1.807) is 13.8 Å². The van der Waals surface area contributed by atoms with Crippen molar-refractivity contribution in [3.63, 3.8) is 0 Å². The lowest BCUT2D eigenvalue weighted by Gasteiger charge is -2.07. The Morgan fingerprint density at radius 2 is 0.785 bits per heavy atom. The van der Waals surface area contributed by atoms with Crippen molar-refractivity contribution < 1.29 is 23.8 Å². The molecule has 4 nitrogen and oxygen atoms in total. The molecule has 334 valence electrons. The normalized spacial score (nSPS) is 11.8. The molecule has 0 saturated heterocycles. The molecule has 8 rings (SSSR count). The zero-order chi connectivity index (χ0) is 50.6. The Labute approximate surface area is 397 Å². The number of aromatic nitrogens is 4. The number of aryl methyl sites for hydroxylation is 13. The SMILES string of the molecule is CCc1cc[n+](C)c(-c2ccccc2C)c1.CCc1ccc(-c2cccc[n+]2C)c(C)c1.[2H]C([2H])(C)c1c[n+](C)c(-c2ccccc2C)cc1C.[2H]C([2H])(C)c1ccc(-c2cccc[n+]2C)c(C)c1. The average Bonchev–Trinajstić information content (AvgIpc) is 3.31. The van der Waals surface area contributed by atoms with Crippen LogP contribution in [0, 0.1) is 34.6 Å². The lowest BCUT2D eigenvalue weighted by molar-refractivity contribution is -0.660. The Balaban J connectivity index is 0.000000172. The first-order chi connectivity index (χ1) is 32.6. The summed E-state index contributed by atoms with van der Waals surface area (Å²) in [6.07, 6.45) is 7.72. The minimum atomic E-state index is -1.31. The number of rotatable bonds is 8. The van der Waals surface area contributed by atoms with Gasteiger partial charge in [0, 0.05) is 75.8 Å². The van der Waals surface area contributed by atoms with E-state index < -0.39 is 12.7 Å². The van der Waals surface area contributed by atoms with Gasteiger partial charge in [-0.05, 0) is 141 Å². The third kappa shape index (κ3) is 13.0. The van der Waals surface area contributed by atoms with Crippen molar-refractivity contribution in [1.29, 1.82) is 0 Å². The molecule has 4 heterocycles. The Morgan fingerprint density at radius 1 is 0.354 bits per heavy atom. The molecule has 8 aromatic rings. The number of pyridine rings is 4. The van der Waals surface area contributed by atoms with Gasteiger partial charge in [0.1, 0.15) is 28.2 Å². The molecule has 4 aromatic carbocycles. The molecule has 0 aliphatic heterocycles. The summed E-state index contributed by atoms with van der Waals surface area (Å²) in [5, 5.41) is 0. The second-order valence-electron chi connectivity index (χ2n) is 16.8. The van der Waals surface area contributed by atoms with Gasteiger partial charge < -0.3 is 0 Å². The first-order valence-electron chi connectivity index (χ1n) is 24.9. The van der Waals surface area contributed by atoms with Gasteiger partial charge in [-0.25, -0.2) is 18.3 Å². The van der Waals surface area contributed by atoms with Crippen molar-refractivity contribution in [1.82, 2.24) is 0 Å². The summed E-state index contributed by atoms with van der Waals surface area (Å²) in [4.78, 5) is 0. The van der Waals surface area contributed by atoms with Crippen molar-refractivity contribution in [3.05, 3.63) is 214 Å². The Morgan fingerprint density at radius 3 is 1.25 bits per heavy atom. The van der Waals surface area contributed by atoms with Crippen LogP contribution in [-0.2, 0) is 53.8 Å². The van der Waals surface area contributed by atoms with E-state index in [4.69, 9.17) is 5.48 Å². The summed E-state index contributed by atoms with van der Waals surface area (Å²) in [5.74, 6) is 0. The van der Waals surface area contributed by atoms with E-state index in [2.05, 4.69) is 172 Å². The summed E-state index contributed by atoms with van der Waals surface area (Å²) < 4.78 is 39.7. The molecular formula is C61H74N4+4. The van der Waals surface area contributed by atoms with E-state index in [0.29, 0.717) is 0 Å². The molecule has 0 spiro atoms. The maximum Gasteiger partial charge on any atom is 0.212 e. The van der Waals surface area contributed by atoms with Gasteiger partial charge in [-0.1, -0.05) is 88.4 Å². The number of hydrogen-bond acceptors (Lipinski definition) is 0. The van der Waals surface area contributed by atoms with Crippen molar-refractivity contribution in [2.45, 2.75) is 87.9 Å². The van der Waals surface area contributed by atoms with E-state index in [1.165, 1.54) is 55.9 Å². The smallest absolute Gasteiger partial charge is 0.201 e. The van der Waals surface area contributed by atoms with Gasteiger partial charge in [-0.15, -0.1) is 0 Å². The highest BCUT2D eigenvalue weighted by Gasteiger charge is 2.16. The van der Waals surface area contributed by atoms with Crippen LogP contribution < -0.4 is 18.3 Å². The van der Waals surface area contributed by atoms with Crippen LogP contribution in [0.5, 0.6) is 0 Å². The van der Waals surface area contributed by atoms with E-state index >= 15 is 0 Å². The molecule has 0 radical (unpaired) electrons. The van der Waals surface area contributed by atoms with Crippen molar-refractivity contribution >= 4 is 0 Å². The zero-order valence-corrected chi connectivity index (χ0v) is 41.3. The molecule has 65 heavy (non-hydrogen) atoms. The molecule has 0 saturated carbocycles. The third-order valence-electron chi connectivity index (χ3n) is 12.1. The topological polar surface area (TPSA) is 15.5 Å². The van der Waals surface area contributed by atoms with Crippen LogP contribution in [0.15, 0.2) is 164 Å². The van der Waals surface area contributed by atoms with E-state index in [0.717, 1.165) is 52.0 Å². The van der Waals surface area contributed by atoms with Gasteiger partial charge in [-0.2, -0.15) is 0 Å². The largest absolute Gasteiger partial charge is 0.212 e. The summed E-state index contributed by atoms with van der Waals surface area (Å²) in [5.41, 5.74) is 20.0. The second-order valence-corrected chi connectivity index (χ2v) is 16.8. The molecule has 0 amide bonds. The van der Waals surface area contributed by atoms with Gasteiger partial charge >= 0.3 is 0 Å². The van der Waals surface area contributed by atoms with Crippen LogP contribution >= 0.6 is 0 Å². The standard InChI is InChI=1S/C16H20N.3C15H18N/c1-5-14-11-17(4)16(10-13(14)3)15-9-7-6-8-12(15)2;2*1-4-13-8-9-14(12(2)11-13)15-7-5-6-10-16(15)3;1-4-13-9-10-16(3)15(11-13)14-8-6-5-7-12(14)2/h6-11H,5H2,1-4H3;3*5-11H,4H2,1-3H3/q4*+1/i5D2;4D2;;. The van der Waals surface area contributed by atoms with Crippen LogP contribution in [-0.4, -0.2) is 0 Å². The highest BCUT2D eigenvalue weighted by Crippen LogP contribution is 2.24. The molecule has 0 N–H and O–H groups in total. The predicted octanol–water partition coefficient (Wildman–Crippen LogP) is 12.5. The van der Waals surface area contributed by atoms with E-state index in [-0.39, 0.29) is 0 Å². The maximum absolute atomic E-state index is 7.88. The molecule has 0 fully saturated rings. The molecule has 0 aliphatic carbocycles. The maximum atomic E-state index is 7.88. The first-order valence-corrected chi connectivity index (χ1v) is 22.9. The van der Waals surface area contributed by atoms with Crippen molar-refractivity contribution in [3.8, 4) is 45.0 Å². The predicted molar refractivity (Wildman–Crippen MR) is 273 cm³/mol. The molecule has 0 atom stereocenters. The highest BCUT2D eigenvalue weighted by molar-refractivity contribution is 5.64. The van der Waals surface area contributed by atoms with Crippen molar-refractivity contribution in [2.75, 3.05) is 0 Å². The summed E-state index contributed by atoms with van der Waals surface area (Å²) in [6, 6.07) is 48.2. The molecular weight excluding hydrogens is 789 g/mol. The average molecular weight is 867 g/mol. The fourth-order valence-electron chi connectivity index (χ4n) is 8.05. The van der Waals surface area contributed by atoms with Crippen LogP contribution in [0.4, 0.5) is 0 Å². The molecule has 4 heteroatoms. The van der Waals surface area contributed by atoms with Crippen LogP contribution in [0.25, 0.3) is 45.0 Å². The van der Waals surface area contributed by atoms with Gasteiger partial charge in [0.2, 0.25) is 22.8 Å². The van der Waals surface area contributed by atoms with Gasteiger partial charge in [0.25, 0.3) is 0 Å². The zero-order valence-electron chi connectivity index (χ0n) is 45.3. The lowest BCUT2D eigenvalue weighted by atomic mass is 10.0. The highest BCUT2D eigenvalue weighted by atomic mass is 14.9. The molecule has 0 aliphatic rings. The molecule has 0 unspecified atom stereocenters. The third-order valence-corrected chi connectivity index (χ3v) is 12.1. The number of hydrogen-bond donors (Lipinski definition) is 0. The quantitative estimate of drug-likeness (QED) is 0.135. The van der Waals surface area contributed by atoms with Crippen LogP contribution in [0.1, 0.15) is 83.2 Å². The Bertz CT molecular complexity index is 3000. The number of nitrogens with zero attached hydrogens (tertiary/aromatic N) is 4. The Hall–Kier alpha value is -6.52. The van der Waals surface area contributed by atoms with Crippen LogP contribution in [0.2, 0.25) is 0 Å². The lowest BCUT2D eigenvalue weighted by Crippen LogP contribution is -2.32. The fraction of sp³-hybridized carbons (Fsp3) is 0.279. The second kappa shape index (κ2) is 24.0. The monoisotopic (exact) mass is 867 g/mol. The minimum Gasteiger partial charge on any atom is -0.201 e. The Kier molecular flexibility index (Phi) is 16.1. The number of benzene rings is 4. The van der Waals surface area contributed by atoms with E-state index in [1.807, 2.05) is 87.4 Å². The van der Waals surface area contributed by atoms with Crippen LogP contribution in [0.3, 0.4) is 0 Å². The summed E-state index contributed by atoms with van der Waals surface area (Å²) in [6.45, 7) is 18.0. The van der Waals surface area contributed by atoms with E-state index in [9.17, 15) is 0 Å². The van der Waals surface area contributed by atoms with Crippen molar-refractivity contribution in [2.24, 2.45) is 28.2 Å². The van der Waals surface area contributed by atoms with Gasteiger partial charge in [0.15, 0.2) is 24.8 Å². The van der Waals surface area contributed by atoms with Gasteiger partial charge in [0.05, 0.1) is 0 Å². The molecule has 4 aromatic heterocycles. The molecule has 0 bridgehead atoms. The van der Waals surface area contributed by atoms with Gasteiger partial charge in [-0.3, -0.25) is 0 Å².